The number of hydrogen-bond acceptors (Lipinski definition) is 5. The van der Waals surface area contributed by atoms with Crippen molar-refractivity contribution in [2.75, 3.05) is 45.9 Å². The van der Waals surface area contributed by atoms with Gasteiger partial charge in [0, 0.05) is 57.0 Å². The lowest BCUT2D eigenvalue weighted by Gasteiger charge is -2.34. The molecular formula is C22H27N3O3. The van der Waals surface area contributed by atoms with Crippen LogP contribution in [0.4, 0.5) is 0 Å². The maximum atomic E-state index is 12.9. The highest BCUT2D eigenvalue weighted by Crippen LogP contribution is 2.17. The lowest BCUT2D eigenvalue weighted by Crippen LogP contribution is -2.49. The second kappa shape index (κ2) is 9.17. The summed E-state index contributed by atoms with van der Waals surface area (Å²) in [6.07, 6.45) is 3.59. The number of rotatable bonds is 6. The number of carbonyl (C=O) groups is 1. The fourth-order valence-electron chi connectivity index (χ4n) is 3.67. The average Bonchev–Trinajstić information content (AvgIpc) is 3.26. The smallest absolute Gasteiger partial charge is 0.254 e. The third-order valence-corrected chi connectivity index (χ3v) is 5.38. The Morgan fingerprint density at radius 3 is 2.71 bits per heavy atom. The Hall–Kier alpha value is -2.44. The van der Waals surface area contributed by atoms with Gasteiger partial charge in [0.25, 0.3) is 5.91 Å². The van der Waals surface area contributed by atoms with Crippen LogP contribution in [0.2, 0.25) is 0 Å². The van der Waals surface area contributed by atoms with Gasteiger partial charge in [0.15, 0.2) is 0 Å². The number of aromatic nitrogens is 1. The molecule has 0 bridgehead atoms. The Balaban J connectivity index is 1.27. The van der Waals surface area contributed by atoms with Crippen LogP contribution in [0.25, 0.3) is 0 Å². The van der Waals surface area contributed by atoms with E-state index in [4.69, 9.17) is 9.47 Å². The van der Waals surface area contributed by atoms with Gasteiger partial charge in [0.1, 0.15) is 6.10 Å². The first-order chi connectivity index (χ1) is 13.8. The molecule has 0 N–H and O–H groups in total. The van der Waals surface area contributed by atoms with E-state index in [9.17, 15) is 4.79 Å². The molecule has 0 saturated carbocycles. The summed E-state index contributed by atoms with van der Waals surface area (Å²) in [6.45, 7) is 5.66. The van der Waals surface area contributed by atoms with Crippen molar-refractivity contribution in [3.8, 4) is 5.88 Å². The van der Waals surface area contributed by atoms with Crippen LogP contribution in [0.5, 0.6) is 5.88 Å². The molecule has 1 amide bonds. The van der Waals surface area contributed by atoms with E-state index >= 15 is 0 Å². The fraction of sp³-hybridized carbons (Fsp3) is 0.455. The van der Waals surface area contributed by atoms with Gasteiger partial charge in [-0.05, 0) is 18.1 Å². The zero-order valence-corrected chi connectivity index (χ0v) is 16.1. The highest BCUT2D eigenvalue weighted by Gasteiger charge is 2.23. The fourth-order valence-corrected chi connectivity index (χ4v) is 3.67. The molecule has 1 atom stereocenters. The van der Waals surface area contributed by atoms with Gasteiger partial charge in [-0.15, -0.1) is 0 Å². The van der Waals surface area contributed by atoms with E-state index in [0.717, 1.165) is 52.2 Å². The number of benzene rings is 1. The Kier molecular flexibility index (Phi) is 6.19. The van der Waals surface area contributed by atoms with Gasteiger partial charge in [-0.1, -0.05) is 30.3 Å². The quantitative estimate of drug-likeness (QED) is 0.768. The van der Waals surface area contributed by atoms with Crippen LogP contribution < -0.4 is 4.74 Å². The van der Waals surface area contributed by atoms with E-state index in [0.29, 0.717) is 18.1 Å². The summed E-state index contributed by atoms with van der Waals surface area (Å²) in [5.74, 6) is 0.556. The molecule has 0 aliphatic carbocycles. The Morgan fingerprint density at radius 1 is 1.14 bits per heavy atom. The molecule has 28 heavy (non-hydrogen) atoms. The molecule has 0 unspecified atom stereocenters. The monoisotopic (exact) mass is 381 g/mol. The second-order valence-corrected chi connectivity index (χ2v) is 7.36. The third-order valence-electron chi connectivity index (χ3n) is 5.38. The highest BCUT2D eigenvalue weighted by atomic mass is 16.5. The lowest BCUT2D eigenvalue weighted by atomic mass is 10.1. The number of ether oxygens (including phenoxy) is 2. The molecule has 2 aromatic rings. The van der Waals surface area contributed by atoms with E-state index < -0.39 is 0 Å². The molecule has 6 nitrogen and oxygen atoms in total. The van der Waals surface area contributed by atoms with E-state index in [1.165, 1.54) is 5.56 Å². The van der Waals surface area contributed by atoms with Gasteiger partial charge in [0.05, 0.1) is 13.2 Å². The topological polar surface area (TPSA) is 54.9 Å². The summed E-state index contributed by atoms with van der Waals surface area (Å²) in [4.78, 5) is 21.5. The van der Waals surface area contributed by atoms with Crippen molar-refractivity contribution in [3.05, 3.63) is 59.8 Å². The van der Waals surface area contributed by atoms with Crippen LogP contribution in [0.15, 0.2) is 48.7 Å². The van der Waals surface area contributed by atoms with Gasteiger partial charge in [0.2, 0.25) is 5.88 Å². The molecule has 2 saturated heterocycles. The zero-order valence-electron chi connectivity index (χ0n) is 16.1. The largest absolute Gasteiger partial charge is 0.472 e. The van der Waals surface area contributed by atoms with Crippen molar-refractivity contribution in [3.63, 3.8) is 0 Å². The van der Waals surface area contributed by atoms with Crippen molar-refractivity contribution in [2.24, 2.45) is 0 Å². The number of amides is 1. The number of piperazine rings is 1. The number of carbonyl (C=O) groups excluding carboxylic acids is 1. The van der Waals surface area contributed by atoms with Gasteiger partial charge in [-0.2, -0.15) is 0 Å². The number of hydrogen-bond donors (Lipinski definition) is 0. The molecule has 148 valence electrons. The molecule has 2 fully saturated rings. The molecule has 4 rings (SSSR count). The van der Waals surface area contributed by atoms with Crippen LogP contribution in [0.1, 0.15) is 22.3 Å². The van der Waals surface area contributed by atoms with Crippen LogP contribution in [-0.2, 0) is 11.2 Å². The summed E-state index contributed by atoms with van der Waals surface area (Å²) in [6, 6.07) is 14.1. The summed E-state index contributed by atoms with van der Waals surface area (Å²) in [5.41, 5.74) is 2.00. The van der Waals surface area contributed by atoms with Crippen LogP contribution in [0.3, 0.4) is 0 Å². The highest BCUT2D eigenvalue weighted by molar-refractivity contribution is 5.94. The minimum atomic E-state index is 0.0333. The van der Waals surface area contributed by atoms with Gasteiger partial charge < -0.3 is 14.4 Å². The molecule has 6 heteroatoms. The third kappa shape index (κ3) is 4.88. The molecule has 2 aliphatic rings. The zero-order chi connectivity index (χ0) is 19.2. The lowest BCUT2D eigenvalue weighted by molar-refractivity contribution is 0.0637. The van der Waals surface area contributed by atoms with Crippen molar-refractivity contribution in [1.29, 1.82) is 0 Å². The predicted octanol–water partition coefficient (Wildman–Crippen LogP) is 2.25. The first kappa shape index (κ1) is 18.9. The molecule has 1 aromatic carbocycles. The first-order valence-corrected chi connectivity index (χ1v) is 10.0. The van der Waals surface area contributed by atoms with Crippen LogP contribution in [0, 0.1) is 0 Å². The molecule has 0 spiro atoms. The van der Waals surface area contributed by atoms with E-state index in [1.54, 1.807) is 18.3 Å². The summed E-state index contributed by atoms with van der Waals surface area (Å²) >= 11 is 0. The molecule has 1 aromatic heterocycles. The maximum Gasteiger partial charge on any atom is 0.254 e. The van der Waals surface area contributed by atoms with E-state index in [1.807, 2.05) is 11.0 Å². The molecule has 3 heterocycles. The summed E-state index contributed by atoms with van der Waals surface area (Å²) in [7, 11) is 0. The molecule has 2 aliphatic heterocycles. The minimum absolute atomic E-state index is 0.0333. The van der Waals surface area contributed by atoms with Gasteiger partial charge >= 0.3 is 0 Å². The average molecular weight is 381 g/mol. The van der Waals surface area contributed by atoms with E-state index in [2.05, 4.69) is 34.1 Å². The van der Waals surface area contributed by atoms with Crippen LogP contribution >= 0.6 is 0 Å². The Labute approximate surface area is 166 Å². The summed E-state index contributed by atoms with van der Waals surface area (Å²) < 4.78 is 11.2. The minimum Gasteiger partial charge on any atom is -0.472 e. The number of nitrogens with zero attached hydrogens (tertiary/aromatic N) is 3. The molecule has 0 radical (unpaired) electrons. The van der Waals surface area contributed by atoms with Crippen molar-refractivity contribution < 1.29 is 14.3 Å². The first-order valence-electron chi connectivity index (χ1n) is 10.0. The number of pyridine rings is 1. The van der Waals surface area contributed by atoms with Crippen molar-refractivity contribution in [2.45, 2.75) is 18.9 Å². The normalized spacial score (nSPS) is 20.3. The second-order valence-electron chi connectivity index (χ2n) is 7.36. The maximum absolute atomic E-state index is 12.9. The Bertz CT molecular complexity index is 770. The van der Waals surface area contributed by atoms with Crippen LogP contribution in [-0.4, -0.2) is 72.7 Å². The SMILES string of the molecule is O=C(c1ccnc(O[C@@H]2CCOC2)c1)N1CCN(CCc2ccccc2)CC1. The predicted molar refractivity (Wildman–Crippen MR) is 107 cm³/mol. The van der Waals surface area contributed by atoms with Gasteiger partial charge in [-0.25, -0.2) is 4.98 Å². The van der Waals surface area contributed by atoms with Crippen molar-refractivity contribution in [1.82, 2.24) is 14.8 Å². The standard InChI is InChI=1S/C22H27N3O3/c26-22(19-6-9-23-21(16-19)28-20-8-15-27-17-20)25-13-11-24(12-14-25)10-7-18-4-2-1-3-5-18/h1-6,9,16,20H,7-8,10-15,17H2/t20-/m1/s1. The van der Waals surface area contributed by atoms with E-state index in [-0.39, 0.29) is 12.0 Å². The summed E-state index contributed by atoms with van der Waals surface area (Å²) in [5, 5.41) is 0. The van der Waals surface area contributed by atoms with Crippen molar-refractivity contribution >= 4 is 5.91 Å². The molecular weight excluding hydrogens is 354 g/mol. The Morgan fingerprint density at radius 2 is 1.96 bits per heavy atom. The van der Waals surface area contributed by atoms with Gasteiger partial charge in [-0.3, -0.25) is 9.69 Å².